The maximum absolute atomic E-state index is 12.0. The van der Waals surface area contributed by atoms with Gasteiger partial charge in [-0.05, 0) is 36.6 Å². The summed E-state index contributed by atoms with van der Waals surface area (Å²) in [6.45, 7) is 11.3. The molecule has 10 heteroatoms. The van der Waals surface area contributed by atoms with Gasteiger partial charge in [-0.1, -0.05) is 20.8 Å². The van der Waals surface area contributed by atoms with E-state index in [9.17, 15) is 9.90 Å². The Morgan fingerprint density at radius 3 is 2.64 bits per heavy atom. The molecule has 0 aliphatic carbocycles. The van der Waals surface area contributed by atoms with Gasteiger partial charge in [0.2, 0.25) is 5.95 Å². The Morgan fingerprint density at radius 1 is 1.22 bits per heavy atom. The molecule has 2 atom stereocenters. The van der Waals surface area contributed by atoms with E-state index in [-0.39, 0.29) is 23.9 Å². The molecule has 1 amide bonds. The van der Waals surface area contributed by atoms with Crippen LogP contribution in [0.25, 0.3) is 11.4 Å². The highest BCUT2D eigenvalue weighted by Crippen LogP contribution is 2.45. The molecule has 3 aromatic rings. The van der Waals surface area contributed by atoms with E-state index in [1.54, 1.807) is 12.4 Å². The molecule has 0 saturated carbocycles. The number of fused-ring (bicyclic) bond motifs is 1. The normalized spacial score (nSPS) is 20.2. The highest BCUT2D eigenvalue weighted by atomic mass is 16.5. The van der Waals surface area contributed by atoms with Crippen molar-refractivity contribution >= 4 is 23.5 Å². The second-order valence-electron chi connectivity index (χ2n) is 10.6. The fraction of sp³-hybridized carbons (Fsp3) is 0.462. The molecule has 2 aliphatic rings. The van der Waals surface area contributed by atoms with Crippen LogP contribution < -0.4 is 10.2 Å². The van der Waals surface area contributed by atoms with Crippen molar-refractivity contribution in [1.82, 2.24) is 24.8 Å². The van der Waals surface area contributed by atoms with E-state index in [1.807, 2.05) is 24.3 Å². The van der Waals surface area contributed by atoms with Crippen LogP contribution in [0.4, 0.5) is 22.2 Å². The Balaban J connectivity index is 1.60. The first-order valence-corrected chi connectivity index (χ1v) is 12.3. The summed E-state index contributed by atoms with van der Waals surface area (Å²) in [7, 11) is 0. The monoisotopic (exact) mass is 491 g/mol. The number of morpholine rings is 1. The summed E-state index contributed by atoms with van der Waals surface area (Å²) in [5.41, 5.74) is 3.42. The first-order valence-electron chi connectivity index (χ1n) is 12.3. The number of benzene rings is 1. The molecule has 2 aromatic heterocycles. The Bertz CT molecular complexity index is 1220. The highest BCUT2D eigenvalue weighted by Gasteiger charge is 2.40. The molecule has 190 valence electrons. The lowest BCUT2D eigenvalue weighted by Crippen LogP contribution is -2.47. The van der Waals surface area contributed by atoms with Crippen molar-refractivity contribution in [3.05, 3.63) is 47.9 Å². The number of hydrogen-bond donors (Lipinski definition) is 3. The molecule has 0 bridgehead atoms. The average Bonchev–Trinajstić information content (AvgIpc) is 3.36. The van der Waals surface area contributed by atoms with E-state index < -0.39 is 6.09 Å². The van der Waals surface area contributed by atoms with Gasteiger partial charge in [0.15, 0.2) is 5.82 Å². The summed E-state index contributed by atoms with van der Waals surface area (Å²) in [6.07, 6.45) is 2.53. The van der Waals surface area contributed by atoms with Crippen LogP contribution >= 0.6 is 0 Å². The van der Waals surface area contributed by atoms with Crippen molar-refractivity contribution in [2.24, 2.45) is 5.41 Å². The van der Waals surface area contributed by atoms with Crippen LogP contribution in [0.1, 0.15) is 44.9 Å². The number of nitrogens with zero attached hydrogens (tertiary/aromatic N) is 5. The molecule has 2 aliphatic heterocycles. The summed E-state index contributed by atoms with van der Waals surface area (Å²) < 4.78 is 5.71. The number of imidazole rings is 1. The second-order valence-corrected chi connectivity index (χ2v) is 10.6. The first-order chi connectivity index (χ1) is 17.2. The zero-order chi connectivity index (χ0) is 25.4. The van der Waals surface area contributed by atoms with Gasteiger partial charge in [-0.15, -0.1) is 0 Å². The van der Waals surface area contributed by atoms with Crippen LogP contribution in [0, 0.1) is 5.41 Å². The standard InChI is InChI=1S/C26H33N7O3/c1-16-15-36-12-11-33(16)23-21-19(26(2,3)4)13-32(25(34)35)14-20(21)30-22(31-23)17-5-7-18(8-6-17)29-24-27-9-10-28-24/h5-10,16,19H,11-15H2,1-4H3,(H,34,35)(H2,27,28,29). The van der Waals surface area contributed by atoms with Crippen molar-refractivity contribution < 1.29 is 14.6 Å². The lowest BCUT2D eigenvalue weighted by atomic mass is 9.74. The van der Waals surface area contributed by atoms with Crippen molar-refractivity contribution in [2.45, 2.75) is 46.2 Å². The van der Waals surface area contributed by atoms with Gasteiger partial charge >= 0.3 is 6.09 Å². The molecule has 1 saturated heterocycles. The number of amides is 1. The molecule has 5 rings (SSSR count). The molecular weight excluding hydrogens is 458 g/mol. The molecule has 1 fully saturated rings. The van der Waals surface area contributed by atoms with Gasteiger partial charge in [0.05, 0.1) is 31.5 Å². The quantitative estimate of drug-likeness (QED) is 0.489. The minimum absolute atomic E-state index is 0.0312. The number of nitrogens with one attached hydrogen (secondary N) is 2. The van der Waals surface area contributed by atoms with Crippen LogP contribution in [-0.4, -0.2) is 68.4 Å². The Kier molecular flexibility index (Phi) is 6.29. The van der Waals surface area contributed by atoms with E-state index >= 15 is 0 Å². The number of ether oxygens (including phenoxy) is 1. The number of H-pyrrole nitrogens is 1. The van der Waals surface area contributed by atoms with Crippen LogP contribution in [0.15, 0.2) is 36.7 Å². The number of hydrogen-bond acceptors (Lipinski definition) is 7. The second kappa shape index (κ2) is 9.42. The van der Waals surface area contributed by atoms with Crippen molar-refractivity contribution in [3.8, 4) is 11.4 Å². The van der Waals surface area contributed by atoms with Crippen molar-refractivity contribution in [2.75, 3.05) is 36.5 Å². The molecule has 4 heterocycles. The third kappa shape index (κ3) is 4.73. The number of carboxylic acid groups (broad SMARTS) is 1. The van der Waals surface area contributed by atoms with Gasteiger partial charge in [-0.2, -0.15) is 0 Å². The molecule has 2 unspecified atom stereocenters. The fourth-order valence-electron chi connectivity index (χ4n) is 4.95. The topological polar surface area (TPSA) is 119 Å². The highest BCUT2D eigenvalue weighted by molar-refractivity contribution is 5.69. The summed E-state index contributed by atoms with van der Waals surface area (Å²) in [5, 5.41) is 13.1. The number of anilines is 3. The molecule has 0 radical (unpaired) electrons. The van der Waals surface area contributed by atoms with E-state index in [4.69, 9.17) is 14.7 Å². The van der Waals surface area contributed by atoms with E-state index in [0.29, 0.717) is 31.5 Å². The molecule has 0 spiro atoms. The SMILES string of the molecule is CC1COCCN1c1nc(-c2ccc(Nc3ncc[nH]3)cc2)nc2c1C(C(C)(C)C)CN(C(=O)O)C2. The lowest BCUT2D eigenvalue weighted by molar-refractivity contribution is 0.0976. The van der Waals surface area contributed by atoms with Crippen molar-refractivity contribution in [3.63, 3.8) is 0 Å². The van der Waals surface area contributed by atoms with Gasteiger partial charge in [-0.25, -0.2) is 19.7 Å². The Morgan fingerprint density at radius 2 is 2.00 bits per heavy atom. The Labute approximate surface area is 210 Å². The average molecular weight is 492 g/mol. The number of rotatable bonds is 4. The number of carbonyl (C=O) groups is 1. The third-order valence-electron chi connectivity index (χ3n) is 6.96. The zero-order valence-electron chi connectivity index (χ0n) is 21.2. The van der Waals surface area contributed by atoms with Crippen molar-refractivity contribution in [1.29, 1.82) is 0 Å². The van der Waals surface area contributed by atoms with Gasteiger partial charge in [0, 0.05) is 48.2 Å². The Hall–Kier alpha value is -3.66. The van der Waals surface area contributed by atoms with Gasteiger partial charge in [-0.3, -0.25) is 0 Å². The largest absolute Gasteiger partial charge is 0.465 e. The predicted octanol–water partition coefficient (Wildman–Crippen LogP) is 4.46. The summed E-state index contributed by atoms with van der Waals surface area (Å²) in [4.78, 5) is 33.1. The third-order valence-corrected chi connectivity index (χ3v) is 6.96. The van der Waals surface area contributed by atoms with E-state index in [1.165, 1.54) is 4.90 Å². The predicted molar refractivity (Wildman–Crippen MR) is 138 cm³/mol. The summed E-state index contributed by atoms with van der Waals surface area (Å²) in [5.74, 6) is 2.12. The van der Waals surface area contributed by atoms with Gasteiger partial charge in [0.25, 0.3) is 0 Å². The molecule has 3 N–H and O–H groups in total. The van der Waals surface area contributed by atoms with Crippen LogP contribution in [0.5, 0.6) is 0 Å². The van der Waals surface area contributed by atoms with Crippen LogP contribution in [0.2, 0.25) is 0 Å². The minimum atomic E-state index is -0.926. The number of aromatic amines is 1. The molecular formula is C26H33N7O3. The summed E-state index contributed by atoms with van der Waals surface area (Å²) in [6, 6.07) is 8.01. The maximum atomic E-state index is 12.0. The van der Waals surface area contributed by atoms with E-state index in [0.717, 1.165) is 34.9 Å². The fourth-order valence-corrected chi connectivity index (χ4v) is 4.95. The maximum Gasteiger partial charge on any atom is 0.407 e. The smallest absolute Gasteiger partial charge is 0.407 e. The first kappa shape index (κ1) is 24.1. The zero-order valence-corrected chi connectivity index (χ0v) is 21.2. The van der Waals surface area contributed by atoms with Gasteiger partial charge < -0.3 is 29.9 Å². The lowest BCUT2D eigenvalue weighted by Gasteiger charge is -2.43. The van der Waals surface area contributed by atoms with Crippen LogP contribution in [0.3, 0.4) is 0 Å². The molecule has 1 aromatic carbocycles. The number of aromatic nitrogens is 4. The summed E-state index contributed by atoms with van der Waals surface area (Å²) >= 11 is 0. The van der Waals surface area contributed by atoms with E-state index in [2.05, 4.69) is 47.9 Å². The molecule has 10 nitrogen and oxygen atoms in total. The minimum Gasteiger partial charge on any atom is -0.465 e. The molecule has 36 heavy (non-hydrogen) atoms. The van der Waals surface area contributed by atoms with Crippen LogP contribution in [-0.2, 0) is 11.3 Å². The van der Waals surface area contributed by atoms with Gasteiger partial charge in [0.1, 0.15) is 5.82 Å².